The lowest BCUT2D eigenvalue weighted by Gasteiger charge is -2.06. The van der Waals surface area contributed by atoms with Crippen molar-refractivity contribution < 1.29 is 14.0 Å². The summed E-state index contributed by atoms with van der Waals surface area (Å²) >= 11 is 0. The lowest BCUT2D eigenvalue weighted by Crippen LogP contribution is -2.11. The minimum Gasteiger partial charge on any atom is -0.451 e. The number of carbonyl (C=O) groups is 2. The fourth-order valence-corrected chi connectivity index (χ4v) is 2.39. The Morgan fingerprint density at radius 1 is 0.957 bits per heavy atom. The first kappa shape index (κ1) is 14.8. The molecule has 0 radical (unpaired) electrons. The van der Waals surface area contributed by atoms with Crippen molar-refractivity contribution in [1.29, 1.82) is 0 Å². The molecular formula is C18H16N2O3. The van der Waals surface area contributed by atoms with Crippen LogP contribution in [0.5, 0.6) is 0 Å². The number of anilines is 2. The van der Waals surface area contributed by atoms with Gasteiger partial charge >= 0.3 is 0 Å². The molecule has 5 nitrogen and oxygen atoms in total. The Hall–Kier alpha value is -3.08. The summed E-state index contributed by atoms with van der Waals surface area (Å²) < 4.78 is 5.65. The van der Waals surface area contributed by atoms with Gasteiger partial charge in [0.05, 0.1) is 0 Å². The molecule has 0 saturated heterocycles. The second-order valence-electron chi connectivity index (χ2n) is 5.32. The van der Waals surface area contributed by atoms with E-state index in [-0.39, 0.29) is 17.6 Å². The predicted octanol–water partition coefficient (Wildman–Crippen LogP) is 3.95. The zero-order valence-electron chi connectivity index (χ0n) is 12.8. The highest BCUT2D eigenvalue weighted by molar-refractivity contribution is 6.05. The molecule has 0 saturated carbocycles. The summed E-state index contributed by atoms with van der Waals surface area (Å²) in [7, 11) is 0. The third-order valence-electron chi connectivity index (χ3n) is 3.41. The van der Waals surface area contributed by atoms with Crippen molar-refractivity contribution in [2.45, 2.75) is 13.8 Å². The van der Waals surface area contributed by atoms with Gasteiger partial charge in [-0.05, 0) is 36.8 Å². The number of para-hydroxylation sites is 1. The molecule has 2 N–H and O–H groups in total. The number of carbonyl (C=O) groups excluding carboxylic acids is 2. The molecule has 23 heavy (non-hydrogen) atoms. The quantitative estimate of drug-likeness (QED) is 0.769. The molecule has 2 amide bonds. The van der Waals surface area contributed by atoms with Crippen molar-refractivity contribution >= 4 is 34.2 Å². The van der Waals surface area contributed by atoms with Gasteiger partial charge in [0, 0.05) is 23.7 Å². The molecule has 0 spiro atoms. The second kappa shape index (κ2) is 5.96. The third kappa shape index (κ3) is 3.23. The van der Waals surface area contributed by atoms with Gasteiger partial charge in [0.1, 0.15) is 5.58 Å². The van der Waals surface area contributed by atoms with E-state index in [2.05, 4.69) is 10.6 Å². The SMILES string of the molecule is CC(=O)Nc1cccc(NC(=O)c2cc3cccc(C)c3o2)c1. The topological polar surface area (TPSA) is 71.3 Å². The molecule has 0 bridgehead atoms. The number of hydrogen-bond donors (Lipinski definition) is 2. The Bertz CT molecular complexity index is 896. The Kier molecular flexibility index (Phi) is 3.85. The maximum Gasteiger partial charge on any atom is 0.291 e. The van der Waals surface area contributed by atoms with Gasteiger partial charge in [-0.3, -0.25) is 9.59 Å². The summed E-state index contributed by atoms with van der Waals surface area (Å²) in [6.45, 7) is 3.37. The fourth-order valence-electron chi connectivity index (χ4n) is 2.39. The van der Waals surface area contributed by atoms with E-state index in [0.717, 1.165) is 10.9 Å². The number of furan rings is 1. The van der Waals surface area contributed by atoms with E-state index in [1.165, 1.54) is 6.92 Å². The van der Waals surface area contributed by atoms with Crippen LogP contribution in [-0.2, 0) is 4.79 Å². The highest BCUT2D eigenvalue weighted by Crippen LogP contribution is 2.23. The lowest BCUT2D eigenvalue weighted by molar-refractivity contribution is -0.114. The van der Waals surface area contributed by atoms with Crippen molar-refractivity contribution in [3.8, 4) is 0 Å². The van der Waals surface area contributed by atoms with Crippen LogP contribution in [0.25, 0.3) is 11.0 Å². The molecule has 0 fully saturated rings. The lowest BCUT2D eigenvalue weighted by atomic mass is 10.2. The van der Waals surface area contributed by atoms with E-state index >= 15 is 0 Å². The average Bonchev–Trinajstić information content (AvgIpc) is 2.92. The summed E-state index contributed by atoms with van der Waals surface area (Å²) in [6, 6.07) is 14.4. The fraction of sp³-hybridized carbons (Fsp3) is 0.111. The number of rotatable bonds is 3. The highest BCUT2D eigenvalue weighted by atomic mass is 16.3. The molecule has 1 aromatic heterocycles. The normalized spacial score (nSPS) is 10.5. The number of nitrogens with one attached hydrogen (secondary N) is 2. The zero-order valence-corrected chi connectivity index (χ0v) is 12.8. The van der Waals surface area contributed by atoms with E-state index in [1.54, 1.807) is 30.3 Å². The van der Waals surface area contributed by atoms with E-state index in [0.29, 0.717) is 17.0 Å². The average molecular weight is 308 g/mol. The largest absolute Gasteiger partial charge is 0.451 e. The Labute approximate surface area is 133 Å². The molecule has 3 rings (SSSR count). The molecule has 0 atom stereocenters. The zero-order chi connectivity index (χ0) is 16.4. The van der Waals surface area contributed by atoms with Crippen molar-refractivity contribution in [2.24, 2.45) is 0 Å². The van der Waals surface area contributed by atoms with Gasteiger partial charge in [-0.2, -0.15) is 0 Å². The Balaban J connectivity index is 1.83. The number of hydrogen-bond acceptors (Lipinski definition) is 3. The maximum atomic E-state index is 12.3. The molecule has 0 aliphatic rings. The molecule has 0 aliphatic heterocycles. The smallest absolute Gasteiger partial charge is 0.291 e. The third-order valence-corrected chi connectivity index (χ3v) is 3.41. The second-order valence-corrected chi connectivity index (χ2v) is 5.32. The number of fused-ring (bicyclic) bond motifs is 1. The van der Waals surface area contributed by atoms with Crippen LogP contribution in [0.1, 0.15) is 23.0 Å². The van der Waals surface area contributed by atoms with Crippen molar-refractivity contribution in [3.63, 3.8) is 0 Å². The van der Waals surface area contributed by atoms with Gasteiger partial charge in [0.2, 0.25) is 5.91 Å². The van der Waals surface area contributed by atoms with Gasteiger partial charge in [-0.25, -0.2) is 0 Å². The van der Waals surface area contributed by atoms with E-state index < -0.39 is 0 Å². The monoisotopic (exact) mass is 308 g/mol. The van der Waals surface area contributed by atoms with Gasteiger partial charge in [0.25, 0.3) is 5.91 Å². The Morgan fingerprint density at radius 2 is 1.65 bits per heavy atom. The number of amides is 2. The summed E-state index contributed by atoms with van der Waals surface area (Å²) in [5.41, 5.74) is 2.90. The molecule has 0 aliphatic carbocycles. The first-order valence-corrected chi connectivity index (χ1v) is 7.21. The number of benzene rings is 2. The Morgan fingerprint density at radius 3 is 2.35 bits per heavy atom. The summed E-state index contributed by atoms with van der Waals surface area (Å²) in [6.07, 6.45) is 0. The summed E-state index contributed by atoms with van der Waals surface area (Å²) in [5.74, 6) is -0.249. The van der Waals surface area contributed by atoms with Crippen LogP contribution < -0.4 is 10.6 Å². The predicted molar refractivity (Wildman–Crippen MR) is 89.6 cm³/mol. The first-order chi connectivity index (χ1) is 11.0. The highest BCUT2D eigenvalue weighted by Gasteiger charge is 2.13. The minimum atomic E-state index is -0.333. The van der Waals surface area contributed by atoms with Gasteiger partial charge in [0.15, 0.2) is 5.76 Å². The van der Waals surface area contributed by atoms with Gasteiger partial charge in [-0.1, -0.05) is 24.3 Å². The van der Waals surface area contributed by atoms with Gasteiger partial charge < -0.3 is 15.1 Å². The first-order valence-electron chi connectivity index (χ1n) is 7.21. The van der Waals surface area contributed by atoms with Gasteiger partial charge in [-0.15, -0.1) is 0 Å². The van der Waals surface area contributed by atoms with Crippen LogP contribution in [0.3, 0.4) is 0 Å². The van der Waals surface area contributed by atoms with E-state index in [9.17, 15) is 9.59 Å². The standard InChI is InChI=1S/C18H16N2O3/c1-11-5-3-6-13-9-16(23-17(11)13)18(22)20-15-8-4-7-14(10-15)19-12(2)21/h3-10H,1-2H3,(H,19,21)(H,20,22). The molecule has 116 valence electrons. The molecule has 3 aromatic rings. The van der Waals surface area contributed by atoms with Crippen LogP contribution >= 0.6 is 0 Å². The van der Waals surface area contributed by atoms with Crippen molar-refractivity contribution in [3.05, 3.63) is 59.9 Å². The van der Waals surface area contributed by atoms with Crippen LogP contribution in [-0.4, -0.2) is 11.8 Å². The van der Waals surface area contributed by atoms with Crippen LogP contribution in [0, 0.1) is 6.92 Å². The molecule has 0 unspecified atom stereocenters. The van der Waals surface area contributed by atoms with E-state index in [4.69, 9.17) is 4.42 Å². The van der Waals surface area contributed by atoms with Crippen LogP contribution in [0.2, 0.25) is 0 Å². The maximum absolute atomic E-state index is 12.3. The minimum absolute atomic E-state index is 0.166. The molecule has 2 aromatic carbocycles. The van der Waals surface area contributed by atoms with Crippen molar-refractivity contribution in [2.75, 3.05) is 10.6 Å². The molecule has 5 heteroatoms. The van der Waals surface area contributed by atoms with E-state index in [1.807, 2.05) is 25.1 Å². The molecular weight excluding hydrogens is 292 g/mol. The number of aryl methyl sites for hydroxylation is 1. The van der Waals surface area contributed by atoms with Crippen molar-refractivity contribution in [1.82, 2.24) is 0 Å². The van der Waals surface area contributed by atoms with Crippen LogP contribution in [0.15, 0.2) is 52.9 Å². The summed E-state index contributed by atoms with van der Waals surface area (Å²) in [5, 5.41) is 6.33. The van der Waals surface area contributed by atoms with Crippen LogP contribution in [0.4, 0.5) is 11.4 Å². The summed E-state index contributed by atoms with van der Waals surface area (Å²) in [4.78, 5) is 23.4. The molecule has 1 heterocycles.